The first kappa shape index (κ1) is 10.6. The van der Waals surface area contributed by atoms with E-state index >= 15 is 0 Å². The van der Waals surface area contributed by atoms with Crippen LogP contribution in [0.5, 0.6) is 5.75 Å². The first-order valence-electron chi connectivity index (χ1n) is 5.84. The van der Waals surface area contributed by atoms with Crippen molar-refractivity contribution in [3.8, 4) is 5.75 Å². The summed E-state index contributed by atoms with van der Waals surface area (Å²) in [4.78, 5) is 12.2. The number of hydrogen-bond donors (Lipinski definition) is 1. The summed E-state index contributed by atoms with van der Waals surface area (Å²) >= 11 is 0. The van der Waals surface area contributed by atoms with Crippen LogP contribution in [0.2, 0.25) is 0 Å². The molecule has 1 amide bonds. The van der Waals surface area contributed by atoms with Crippen molar-refractivity contribution >= 4 is 11.6 Å². The van der Waals surface area contributed by atoms with Gasteiger partial charge in [0.05, 0.1) is 12.5 Å². The summed E-state index contributed by atoms with van der Waals surface area (Å²) < 4.78 is 10.5. The second-order valence-corrected chi connectivity index (χ2v) is 4.56. The lowest BCUT2D eigenvalue weighted by Crippen LogP contribution is -2.39. The third-order valence-electron chi connectivity index (χ3n) is 3.77. The third-order valence-corrected chi connectivity index (χ3v) is 3.77. The highest BCUT2D eigenvalue weighted by atomic mass is 16.5. The fraction of sp³-hybridized carbons (Fsp3) is 0.462. The minimum atomic E-state index is -0.375. The number of carbonyl (C=O) groups excluding carboxylic acids is 1. The summed E-state index contributed by atoms with van der Waals surface area (Å²) in [6.07, 6.45) is 1.52. The number of fused-ring (bicyclic) bond motifs is 2. The van der Waals surface area contributed by atoms with Crippen LogP contribution in [0, 0.1) is 0 Å². The molecule has 2 aliphatic rings. The molecule has 2 heterocycles. The van der Waals surface area contributed by atoms with Gasteiger partial charge in [-0.05, 0) is 24.5 Å². The zero-order chi connectivity index (χ0) is 11.9. The van der Waals surface area contributed by atoms with Crippen molar-refractivity contribution in [2.45, 2.75) is 18.3 Å². The Hall–Kier alpha value is -1.55. The van der Waals surface area contributed by atoms with Gasteiger partial charge in [-0.2, -0.15) is 0 Å². The average Bonchev–Trinajstić information content (AvgIpc) is 2.63. The number of carbonyl (C=O) groups is 1. The van der Waals surface area contributed by atoms with E-state index in [9.17, 15) is 4.79 Å². The van der Waals surface area contributed by atoms with Crippen LogP contribution in [-0.2, 0) is 14.9 Å². The summed E-state index contributed by atoms with van der Waals surface area (Å²) in [7, 11) is 1.63. The lowest BCUT2D eigenvalue weighted by atomic mass is 9.75. The molecule has 4 heteroatoms. The lowest BCUT2D eigenvalue weighted by Gasteiger charge is -2.31. The molecular weight excluding hydrogens is 218 g/mol. The van der Waals surface area contributed by atoms with E-state index in [0.717, 1.165) is 29.8 Å². The Morgan fingerprint density at radius 2 is 2.12 bits per heavy atom. The van der Waals surface area contributed by atoms with E-state index in [0.29, 0.717) is 13.2 Å². The minimum Gasteiger partial charge on any atom is -0.497 e. The number of benzene rings is 1. The van der Waals surface area contributed by atoms with E-state index in [2.05, 4.69) is 5.32 Å². The van der Waals surface area contributed by atoms with E-state index in [1.807, 2.05) is 18.2 Å². The maximum atomic E-state index is 12.2. The molecular formula is C13H15NO3. The molecule has 90 valence electrons. The van der Waals surface area contributed by atoms with Crippen molar-refractivity contribution in [3.63, 3.8) is 0 Å². The van der Waals surface area contributed by atoms with Gasteiger partial charge >= 0.3 is 0 Å². The van der Waals surface area contributed by atoms with E-state index in [1.165, 1.54) is 0 Å². The Morgan fingerprint density at radius 3 is 2.82 bits per heavy atom. The zero-order valence-corrected chi connectivity index (χ0v) is 9.79. The predicted octanol–water partition coefficient (Wildman–Crippen LogP) is 1.70. The van der Waals surface area contributed by atoms with Gasteiger partial charge in [0.15, 0.2) is 0 Å². The van der Waals surface area contributed by atoms with E-state index < -0.39 is 0 Å². The normalized spacial score (nSPS) is 21.1. The third kappa shape index (κ3) is 1.44. The molecule has 0 atom stereocenters. The number of amides is 1. The average molecular weight is 233 g/mol. The van der Waals surface area contributed by atoms with Crippen LogP contribution in [0.3, 0.4) is 0 Å². The van der Waals surface area contributed by atoms with Gasteiger partial charge in [0, 0.05) is 25.0 Å². The number of ether oxygens (including phenoxy) is 2. The Labute approximate surface area is 99.9 Å². The molecule has 0 aliphatic carbocycles. The van der Waals surface area contributed by atoms with Crippen molar-refractivity contribution < 1.29 is 14.3 Å². The van der Waals surface area contributed by atoms with Crippen molar-refractivity contribution in [2.24, 2.45) is 0 Å². The van der Waals surface area contributed by atoms with E-state index in [4.69, 9.17) is 9.47 Å². The zero-order valence-electron chi connectivity index (χ0n) is 9.79. The Morgan fingerprint density at radius 1 is 1.35 bits per heavy atom. The van der Waals surface area contributed by atoms with Crippen molar-refractivity contribution in [2.75, 3.05) is 25.6 Å². The maximum absolute atomic E-state index is 12.2. The highest BCUT2D eigenvalue weighted by molar-refractivity contribution is 6.06. The molecule has 1 fully saturated rings. The number of anilines is 1. The predicted molar refractivity (Wildman–Crippen MR) is 63.4 cm³/mol. The minimum absolute atomic E-state index is 0.101. The fourth-order valence-corrected chi connectivity index (χ4v) is 2.75. The number of methoxy groups -OCH3 is 1. The Bertz CT molecular complexity index is 464. The standard InChI is InChI=1S/C13H15NO3/c1-16-9-2-3-10-11(8-9)14-12(15)13(10)4-6-17-7-5-13/h2-3,8H,4-7H2,1H3,(H,14,15). The lowest BCUT2D eigenvalue weighted by molar-refractivity contribution is -0.124. The molecule has 1 spiro atoms. The van der Waals surface area contributed by atoms with Crippen LogP contribution in [0.1, 0.15) is 18.4 Å². The monoisotopic (exact) mass is 233 g/mol. The van der Waals surface area contributed by atoms with Crippen LogP contribution in [0.15, 0.2) is 18.2 Å². The molecule has 0 unspecified atom stereocenters. The summed E-state index contributed by atoms with van der Waals surface area (Å²) in [6, 6.07) is 5.80. The first-order valence-corrected chi connectivity index (χ1v) is 5.84. The van der Waals surface area contributed by atoms with Crippen LogP contribution < -0.4 is 10.1 Å². The van der Waals surface area contributed by atoms with Crippen LogP contribution in [0.4, 0.5) is 5.69 Å². The second kappa shape index (κ2) is 3.74. The number of nitrogens with one attached hydrogen (secondary N) is 1. The molecule has 3 rings (SSSR count). The highest BCUT2D eigenvalue weighted by Crippen LogP contribution is 2.45. The van der Waals surface area contributed by atoms with Gasteiger partial charge in [-0.15, -0.1) is 0 Å². The number of rotatable bonds is 1. The maximum Gasteiger partial charge on any atom is 0.235 e. The smallest absolute Gasteiger partial charge is 0.235 e. The summed E-state index contributed by atoms with van der Waals surface area (Å²) in [5, 5.41) is 2.96. The van der Waals surface area contributed by atoms with Crippen molar-refractivity contribution in [3.05, 3.63) is 23.8 Å². The van der Waals surface area contributed by atoms with Gasteiger partial charge in [-0.3, -0.25) is 4.79 Å². The number of hydrogen-bond acceptors (Lipinski definition) is 3. The largest absolute Gasteiger partial charge is 0.497 e. The van der Waals surface area contributed by atoms with Gasteiger partial charge in [0.25, 0.3) is 0 Å². The van der Waals surface area contributed by atoms with Crippen LogP contribution in [0.25, 0.3) is 0 Å². The summed E-state index contributed by atoms with van der Waals surface area (Å²) in [5.74, 6) is 0.872. The molecule has 0 aromatic heterocycles. The van der Waals surface area contributed by atoms with Crippen LogP contribution in [-0.4, -0.2) is 26.2 Å². The topological polar surface area (TPSA) is 47.6 Å². The quantitative estimate of drug-likeness (QED) is 0.803. The van der Waals surface area contributed by atoms with Crippen molar-refractivity contribution in [1.82, 2.24) is 0 Å². The first-order chi connectivity index (χ1) is 8.26. The summed E-state index contributed by atoms with van der Waals surface area (Å²) in [6.45, 7) is 1.30. The molecule has 0 saturated carbocycles. The van der Waals surface area contributed by atoms with Crippen LogP contribution >= 0.6 is 0 Å². The van der Waals surface area contributed by atoms with E-state index in [1.54, 1.807) is 7.11 Å². The fourth-order valence-electron chi connectivity index (χ4n) is 2.75. The Balaban J connectivity index is 2.07. The van der Waals surface area contributed by atoms with Gasteiger partial charge < -0.3 is 14.8 Å². The molecule has 1 N–H and O–H groups in total. The SMILES string of the molecule is COc1ccc2c(c1)NC(=O)C21CCOCC1. The molecule has 2 aliphatic heterocycles. The van der Waals surface area contributed by atoms with Gasteiger partial charge in [0.2, 0.25) is 5.91 Å². The van der Waals surface area contributed by atoms with Gasteiger partial charge in [-0.1, -0.05) is 6.07 Å². The molecule has 1 aromatic carbocycles. The second-order valence-electron chi connectivity index (χ2n) is 4.56. The Kier molecular flexibility index (Phi) is 2.33. The molecule has 1 aromatic rings. The summed E-state index contributed by atoms with van der Waals surface area (Å²) in [5.41, 5.74) is 1.60. The van der Waals surface area contributed by atoms with Gasteiger partial charge in [0.1, 0.15) is 5.75 Å². The highest BCUT2D eigenvalue weighted by Gasteiger charge is 2.47. The van der Waals surface area contributed by atoms with Gasteiger partial charge in [-0.25, -0.2) is 0 Å². The molecule has 17 heavy (non-hydrogen) atoms. The van der Waals surface area contributed by atoms with Crippen molar-refractivity contribution in [1.29, 1.82) is 0 Å². The molecule has 0 radical (unpaired) electrons. The van der Waals surface area contributed by atoms with E-state index in [-0.39, 0.29) is 11.3 Å². The molecule has 4 nitrogen and oxygen atoms in total. The molecule has 0 bridgehead atoms. The molecule has 1 saturated heterocycles.